The summed E-state index contributed by atoms with van der Waals surface area (Å²) in [6, 6.07) is 10.9. The zero-order valence-electron chi connectivity index (χ0n) is 20.6. The molecule has 35 heavy (non-hydrogen) atoms. The third-order valence-corrected chi connectivity index (χ3v) is 8.41. The third-order valence-electron chi connectivity index (χ3n) is 6.03. The van der Waals surface area contributed by atoms with Crippen LogP contribution in [0.5, 0.6) is 0 Å². The molecule has 1 aliphatic heterocycles. The van der Waals surface area contributed by atoms with Crippen LogP contribution in [-0.4, -0.2) is 41.8 Å². The smallest absolute Gasteiger partial charge is 0.264 e. The Morgan fingerprint density at radius 3 is 2.43 bits per heavy atom. The van der Waals surface area contributed by atoms with Crippen LogP contribution in [0.4, 0.5) is 10.1 Å². The lowest BCUT2D eigenvalue weighted by atomic mass is 10.0. The first-order valence-electron chi connectivity index (χ1n) is 11.7. The summed E-state index contributed by atoms with van der Waals surface area (Å²) < 4.78 is 46.1. The van der Waals surface area contributed by atoms with Crippen molar-refractivity contribution < 1.29 is 12.8 Å². The predicted octanol–water partition coefficient (Wildman–Crippen LogP) is 5.39. The van der Waals surface area contributed by atoms with Crippen LogP contribution in [0.2, 0.25) is 5.02 Å². The van der Waals surface area contributed by atoms with E-state index in [2.05, 4.69) is 15.5 Å². The molecule has 10 heteroatoms. The van der Waals surface area contributed by atoms with E-state index in [9.17, 15) is 12.8 Å². The van der Waals surface area contributed by atoms with Gasteiger partial charge in [-0.05, 0) is 51.9 Å². The van der Waals surface area contributed by atoms with Crippen molar-refractivity contribution in [1.82, 2.24) is 20.1 Å². The molecule has 4 rings (SSSR count). The molecule has 188 valence electrons. The summed E-state index contributed by atoms with van der Waals surface area (Å²) in [7, 11) is -4.06. The Morgan fingerprint density at radius 1 is 1.17 bits per heavy atom. The van der Waals surface area contributed by atoms with E-state index in [1.54, 1.807) is 39.0 Å². The number of hydrogen-bond acceptors (Lipinski definition) is 5. The molecule has 0 saturated carbocycles. The average molecular weight is 520 g/mol. The molecule has 1 atom stereocenters. The molecule has 2 heterocycles. The van der Waals surface area contributed by atoms with E-state index in [1.165, 1.54) is 28.6 Å². The van der Waals surface area contributed by atoms with E-state index in [0.717, 1.165) is 25.3 Å². The van der Waals surface area contributed by atoms with Crippen molar-refractivity contribution in [3.8, 4) is 11.4 Å². The SMILES string of the molecule is CC(C)c1nnc(-c2cc(Cl)c(F)cc2N(C(C)(C)C)S(=O)(=O)c2ccccc2)n1[C@H]1CCNC1. The van der Waals surface area contributed by atoms with Crippen LogP contribution >= 0.6 is 11.6 Å². The number of rotatable bonds is 6. The number of nitrogens with zero attached hydrogens (tertiary/aromatic N) is 4. The van der Waals surface area contributed by atoms with Crippen LogP contribution < -0.4 is 9.62 Å². The van der Waals surface area contributed by atoms with E-state index in [-0.39, 0.29) is 27.6 Å². The molecule has 1 N–H and O–H groups in total. The molecule has 0 radical (unpaired) electrons. The minimum Gasteiger partial charge on any atom is -0.315 e. The highest BCUT2D eigenvalue weighted by molar-refractivity contribution is 7.93. The summed E-state index contributed by atoms with van der Waals surface area (Å²) in [6.45, 7) is 11.0. The van der Waals surface area contributed by atoms with Gasteiger partial charge in [-0.2, -0.15) is 0 Å². The molecule has 1 fully saturated rings. The number of nitrogens with one attached hydrogen (secondary N) is 1. The molecular weight excluding hydrogens is 489 g/mol. The Bertz CT molecular complexity index is 1310. The maximum atomic E-state index is 14.9. The van der Waals surface area contributed by atoms with Gasteiger partial charge < -0.3 is 9.88 Å². The lowest BCUT2D eigenvalue weighted by Gasteiger charge is -2.37. The van der Waals surface area contributed by atoms with Crippen molar-refractivity contribution in [2.45, 2.75) is 63.4 Å². The second kappa shape index (κ2) is 9.52. The first-order valence-corrected chi connectivity index (χ1v) is 13.5. The van der Waals surface area contributed by atoms with Gasteiger partial charge in [-0.25, -0.2) is 12.8 Å². The Balaban J connectivity index is 2.02. The van der Waals surface area contributed by atoms with Crippen LogP contribution in [-0.2, 0) is 10.0 Å². The molecule has 0 spiro atoms. The summed E-state index contributed by atoms with van der Waals surface area (Å²) >= 11 is 6.25. The van der Waals surface area contributed by atoms with Gasteiger partial charge >= 0.3 is 0 Å². The highest BCUT2D eigenvalue weighted by atomic mass is 35.5. The van der Waals surface area contributed by atoms with Gasteiger partial charge in [-0.1, -0.05) is 43.6 Å². The van der Waals surface area contributed by atoms with Gasteiger partial charge in [0.1, 0.15) is 11.6 Å². The Hall–Kier alpha value is -2.49. The molecular formula is C25H31ClFN5O2S. The first kappa shape index (κ1) is 25.6. The van der Waals surface area contributed by atoms with Crippen LogP contribution in [0.1, 0.15) is 58.8 Å². The largest absolute Gasteiger partial charge is 0.315 e. The topological polar surface area (TPSA) is 80.1 Å². The summed E-state index contributed by atoms with van der Waals surface area (Å²) in [4.78, 5) is 0.112. The standard InChI is InChI=1S/C25H31ClFN5O2S/c1-16(2)23-29-30-24(31(23)17-11-12-28-15-17)19-13-20(26)21(27)14-22(19)32(25(3,4)5)35(33,34)18-9-7-6-8-10-18/h6-10,13-14,16-17,28H,11-12,15H2,1-5H3/t17-/m0/s1. The molecule has 7 nitrogen and oxygen atoms in total. The monoisotopic (exact) mass is 519 g/mol. The maximum Gasteiger partial charge on any atom is 0.264 e. The maximum absolute atomic E-state index is 14.9. The zero-order chi connectivity index (χ0) is 25.5. The average Bonchev–Trinajstić information content (AvgIpc) is 3.45. The number of benzene rings is 2. The molecule has 1 aliphatic rings. The Labute approximate surface area is 211 Å². The van der Waals surface area contributed by atoms with Crippen molar-refractivity contribution in [3.05, 3.63) is 59.1 Å². The highest BCUT2D eigenvalue weighted by Crippen LogP contribution is 2.42. The van der Waals surface area contributed by atoms with E-state index >= 15 is 0 Å². The number of sulfonamides is 1. The zero-order valence-corrected chi connectivity index (χ0v) is 22.2. The fourth-order valence-electron chi connectivity index (χ4n) is 4.53. The number of halogens is 2. The summed E-state index contributed by atoms with van der Waals surface area (Å²) in [5, 5.41) is 12.2. The molecule has 1 saturated heterocycles. The second-order valence-corrected chi connectivity index (χ2v) is 12.3. The van der Waals surface area contributed by atoms with Gasteiger partial charge in [0.2, 0.25) is 0 Å². The first-order chi connectivity index (χ1) is 16.4. The van der Waals surface area contributed by atoms with E-state index in [0.29, 0.717) is 11.4 Å². The van der Waals surface area contributed by atoms with Gasteiger partial charge in [0.05, 0.1) is 21.6 Å². The van der Waals surface area contributed by atoms with Gasteiger partial charge in [0.25, 0.3) is 10.0 Å². The normalized spacial score (nSPS) is 16.7. The number of hydrogen-bond donors (Lipinski definition) is 1. The molecule has 3 aromatic rings. The molecule has 0 aliphatic carbocycles. The molecule has 2 aromatic carbocycles. The minimum absolute atomic E-state index is 0.0860. The molecule has 1 aromatic heterocycles. The summed E-state index contributed by atoms with van der Waals surface area (Å²) in [5.41, 5.74) is -0.347. The van der Waals surface area contributed by atoms with Gasteiger partial charge in [-0.3, -0.25) is 4.31 Å². The van der Waals surface area contributed by atoms with Gasteiger partial charge in [-0.15, -0.1) is 10.2 Å². The van der Waals surface area contributed by atoms with Crippen LogP contribution in [0.25, 0.3) is 11.4 Å². The fourth-order valence-corrected chi connectivity index (χ4v) is 6.54. The summed E-state index contributed by atoms with van der Waals surface area (Å²) in [5.74, 6) is 0.633. The second-order valence-electron chi connectivity index (χ2n) is 10.1. The lowest BCUT2D eigenvalue weighted by molar-refractivity contribution is 0.513. The van der Waals surface area contributed by atoms with Crippen LogP contribution in [0, 0.1) is 5.82 Å². The third kappa shape index (κ3) is 4.81. The van der Waals surface area contributed by atoms with Crippen LogP contribution in [0.15, 0.2) is 47.4 Å². The van der Waals surface area contributed by atoms with E-state index in [4.69, 9.17) is 11.6 Å². The van der Waals surface area contributed by atoms with Crippen molar-refractivity contribution >= 4 is 27.3 Å². The fraction of sp³-hybridized carbons (Fsp3) is 0.440. The van der Waals surface area contributed by atoms with Gasteiger partial charge in [0.15, 0.2) is 5.82 Å². The Morgan fingerprint density at radius 2 is 1.86 bits per heavy atom. The quantitative estimate of drug-likeness (QED) is 0.472. The van der Waals surface area contributed by atoms with Crippen molar-refractivity contribution in [2.75, 3.05) is 17.4 Å². The molecule has 0 bridgehead atoms. The predicted molar refractivity (Wildman–Crippen MR) is 137 cm³/mol. The molecule has 0 unspecified atom stereocenters. The Kier molecular flexibility index (Phi) is 6.96. The number of anilines is 1. The van der Waals surface area contributed by atoms with Gasteiger partial charge in [0, 0.05) is 29.6 Å². The minimum atomic E-state index is -4.06. The summed E-state index contributed by atoms with van der Waals surface area (Å²) in [6.07, 6.45) is 0.875. The lowest BCUT2D eigenvalue weighted by Crippen LogP contribution is -2.46. The molecule has 0 amide bonds. The highest BCUT2D eigenvalue weighted by Gasteiger charge is 2.38. The van der Waals surface area contributed by atoms with Crippen molar-refractivity contribution in [1.29, 1.82) is 0 Å². The van der Waals surface area contributed by atoms with E-state index < -0.39 is 21.4 Å². The number of aromatic nitrogens is 3. The van der Waals surface area contributed by atoms with Crippen molar-refractivity contribution in [3.63, 3.8) is 0 Å². The van der Waals surface area contributed by atoms with E-state index in [1.807, 2.05) is 18.4 Å². The van der Waals surface area contributed by atoms with Crippen molar-refractivity contribution in [2.24, 2.45) is 0 Å². The van der Waals surface area contributed by atoms with Crippen LogP contribution in [0.3, 0.4) is 0 Å².